The maximum atomic E-state index is 12.4. The molecule has 4 nitrogen and oxygen atoms in total. The van der Waals surface area contributed by atoms with Crippen molar-refractivity contribution >= 4 is 40.9 Å². The van der Waals surface area contributed by atoms with Crippen molar-refractivity contribution in [2.24, 2.45) is 0 Å². The van der Waals surface area contributed by atoms with Crippen LogP contribution in [-0.2, 0) is 4.79 Å². The van der Waals surface area contributed by atoms with E-state index in [1.54, 1.807) is 36.4 Å². The third-order valence-electron chi connectivity index (χ3n) is 3.69. The van der Waals surface area contributed by atoms with Crippen LogP contribution in [0.15, 0.2) is 78.4 Å². The molecular formula is C22H14Cl2N2O2. The van der Waals surface area contributed by atoms with E-state index in [1.807, 2.05) is 36.4 Å². The number of hydrogen-bond acceptors (Lipinski definition) is 3. The predicted molar refractivity (Wildman–Crippen MR) is 112 cm³/mol. The second-order valence-corrected chi connectivity index (χ2v) is 6.55. The Balaban J connectivity index is 1.78. The van der Waals surface area contributed by atoms with Crippen molar-refractivity contribution in [3.8, 4) is 17.6 Å². The molecule has 0 atom stereocenters. The first-order valence-corrected chi connectivity index (χ1v) is 9.02. The van der Waals surface area contributed by atoms with Gasteiger partial charge in [0.15, 0.2) is 0 Å². The highest BCUT2D eigenvalue weighted by molar-refractivity contribution is 6.42. The first-order valence-electron chi connectivity index (χ1n) is 8.26. The molecule has 0 bridgehead atoms. The topological polar surface area (TPSA) is 62.1 Å². The van der Waals surface area contributed by atoms with E-state index in [1.165, 1.54) is 12.1 Å². The number of carbonyl (C=O) groups excluding carboxylic acids is 1. The summed E-state index contributed by atoms with van der Waals surface area (Å²) in [5.41, 5.74) is 1.05. The highest BCUT2D eigenvalue weighted by atomic mass is 35.5. The van der Waals surface area contributed by atoms with Gasteiger partial charge in [-0.2, -0.15) is 5.26 Å². The van der Waals surface area contributed by atoms with E-state index in [0.717, 1.165) is 0 Å². The summed E-state index contributed by atoms with van der Waals surface area (Å²) < 4.78 is 5.77. The summed E-state index contributed by atoms with van der Waals surface area (Å²) in [6, 6.07) is 23.1. The lowest BCUT2D eigenvalue weighted by Crippen LogP contribution is -2.13. The Labute approximate surface area is 172 Å². The van der Waals surface area contributed by atoms with Gasteiger partial charge in [-0.25, -0.2) is 0 Å². The summed E-state index contributed by atoms with van der Waals surface area (Å²) in [7, 11) is 0. The molecule has 0 unspecified atom stereocenters. The van der Waals surface area contributed by atoms with Crippen LogP contribution in [0.2, 0.25) is 10.0 Å². The molecule has 0 radical (unpaired) electrons. The summed E-state index contributed by atoms with van der Waals surface area (Å²) in [4.78, 5) is 12.4. The quantitative estimate of drug-likeness (QED) is 0.396. The number of anilines is 1. The Bertz CT molecular complexity index is 1070. The summed E-state index contributed by atoms with van der Waals surface area (Å²) in [6.07, 6.45) is 1.49. The zero-order chi connectivity index (χ0) is 19.9. The second-order valence-electron chi connectivity index (χ2n) is 5.74. The lowest BCUT2D eigenvalue weighted by molar-refractivity contribution is -0.112. The molecule has 0 fully saturated rings. The molecule has 28 heavy (non-hydrogen) atoms. The van der Waals surface area contributed by atoms with Crippen molar-refractivity contribution in [2.75, 3.05) is 5.32 Å². The Morgan fingerprint density at radius 2 is 1.68 bits per heavy atom. The molecule has 1 N–H and O–H groups in total. The van der Waals surface area contributed by atoms with Crippen LogP contribution in [0.3, 0.4) is 0 Å². The van der Waals surface area contributed by atoms with E-state index in [-0.39, 0.29) is 5.57 Å². The van der Waals surface area contributed by atoms with Gasteiger partial charge in [0, 0.05) is 5.69 Å². The van der Waals surface area contributed by atoms with Crippen LogP contribution < -0.4 is 10.1 Å². The maximum absolute atomic E-state index is 12.4. The van der Waals surface area contributed by atoms with E-state index in [4.69, 9.17) is 27.9 Å². The van der Waals surface area contributed by atoms with Crippen molar-refractivity contribution in [3.05, 3.63) is 94.0 Å². The van der Waals surface area contributed by atoms with Crippen molar-refractivity contribution in [2.45, 2.75) is 0 Å². The van der Waals surface area contributed by atoms with Gasteiger partial charge in [-0.3, -0.25) is 4.79 Å². The summed E-state index contributed by atoms with van der Waals surface area (Å²) >= 11 is 11.8. The Hall–Kier alpha value is -3.26. The molecule has 0 aliphatic rings. The molecule has 3 rings (SSSR count). The molecule has 1 amide bonds. The van der Waals surface area contributed by atoms with Gasteiger partial charge in [0.2, 0.25) is 0 Å². The molecule has 3 aromatic carbocycles. The van der Waals surface area contributed by atoms with Crippen LogP contribution in [0.5, 0.6) is 11.5 Å². The van der Waals surface area contributed by atoms with Crippen LogP contribution in [0, 0.1) is 11.3 Å². The molecule has 3 aromatic rings. The van der Waals surface area contributed by atoms with Crippen molar-refractivity contribution in [1.29, 1.82) is 5.26 Å². The number of carbonyl (C=O) groups is 1. The number of hydrogen-bond donors (Lipinski definition) is 1. The number of amides is 1. The lowest BCUT2D eigenvalue weighted by Gasteiger charge is -2.07. The molecular weight excluding hydrogens is 395 g/mol. The average molecular weight is 409 g/mol. The molecule has 0 aliphatic heterocycles. The molecule has 0 spiro atoms. The maximum Gasteiger partial charge on any atom is 0.266 e. The van der Waals surface area contributed by atoms with Gasteiger partial charge in [0.1, 0.15) is 23.1 Å². The zero-order valence-electron chi connectivity index (χ0n) is 14.5. The van der Waals surface area contributed by atoms with E-state index in [2.05, 4.69) is 5.32 Å². The number of nitrogens with one attached hydrogen (secondary N) is 1. The lowest BCUT2D eigenvalue weighted by atomic mass is 10.1. The smallest absolute Gasteiger partial charge is 0.266 e. The zero-order valence-corrected chi connectivity index (χ0v) is 16.0. The van der Waals surface area contributed by atoms with Gasteiger partial charge in [-0.05, 0) is 54.1 Å². The van der Waals surface area contributed by atoms with Crippen molar-refractivity contribution in [1.82, 2.24) is 0 Å². The van der Waals surface area contributed by atoms with E-state index >= 15 is 0 Å². The Morgan fingerprint density at radius 1 is 0.929 bits per heavy atom. The van der Waals surface area contributed by atoms with Gasteiger partial charge in [-0.1, -0.05) is 53.5 Å². The summed E-state index contributed by atoms with van der Waals surface area (Å²) in [5.74, 6) is 0.749. The predicted octanol–water partition coefficient (Wildman–Crippen LogP) is 6.33. The Kier molecular flexibility index (Phi) is 6.33. The summed E-state index contributed by atoms with van der Waals surface area (Å²) in [5, 5.41) is 12.7. The van der Waals surface area contributed by atoms with Crippen LogP contribution in [-0.4, -0.2) is 5.91 Å². The second kappa shape index (κ2) is 9.09. The molecule has 0 saturated carbocycles. The van der Waals surface area contributed by atoms with Gasteiger partial charge in [0.25, 0.3) is 5.91 Å². The van der Waals surface area contributed by atoms with Gasteiger partial charge in [-0.15, -0.1) is 0 Å². The van der Waals surface area contributed by atoms with Gasteiger partial charge in [0.05, 0.1) is 10.0 Å². The monoisotopic (exact) mass is 408 g/mol. The number of ether oxygens (including phenoxy) is 1. The number of rotatable bonds is 5. The number of halogens is 2. The number of nitrogens with zero attached hydrogens (tertiary/aromatic N) is 1. The summed E-state index contributed by atoms with van der Waals surface area (Å²) in [6.45, 7) is 0. The van der Waals surface area contributed by atoms with Crippen molar-refractivity contribution < 1.29 is 9.53 Å². The minimum Gasteiger partial charge on any atom is -0.457 e. The molecule has 138 valence electrons. The van der Waals surface area contributed by atoms with E-state index < -0.39 is 5.91 Å². The third-order valence-corrected chi connectivity index (χ3v) is 4.43. The van der Waals surface area contributed by atoms with E-state index in [0.29, 0.717) is 32.8 Å². The van der Waals surface area contributed by atoms with E-state index in [9.17, 15) is 10.1 Å². The van der Waals surface area contributed by atoms with Crippen LogP contribution >= 0.6 is 23.2 Å². The number of nitriles is 1. The van der Waals surface area contributed by atoms with Crippen molar-refractivity contribution in [3.63, 3.8) is 0 Å². The fraction of sp³-hybridized carbons (Fsp3) is 0. The average Bonchev–Trinajstić information content (AvgIpc) is 2.70. The largest absolute Gasteiger partial charge is 0.457 e. The molecule has 0 aromatic heterocycles. The number of para-hydroxylation sites is 1. The van der Waals surface area contributed by atoms with Gasteiger partial charge < -0.3 is 10.1 Å². The van der Waals surface area contributed by atoms with Crippen LogP contribution in [0.1, 0.15) is 5.56 Å². The fourth-order valence-electron chi connectivity index (χ4n) is 2.38. The van der Waals surface area contributed by atoms with Gasteiger partial charge >= 0.3 is 0 Å². The fourth-order valence-corrected chi connectivity index (χ4v) is 2.68. The van der Waals surface area contributed by atoms with Crippen LogP contribution in [0.4, 0.5) is 5.69 Å². The first-order chi connectivity index (χ1) is 13.5. The molecule has 0 aliphatic carbocycles. The highest BCUT2D eigenvalue weighted by Gasteiger charge is 2.11. The van der Waals surface area contributed by atoms with Crippen LogP contribution in [0.25, 0.3) is 6.08 Å². The molecule has 0 saturated heterocycles. The molecule has 6 heteroatoms. The molecule has 0 heterocycles. The third kappa shape index (κ3) is 5.14. The highest BCUT2D eigenvalue weighted by Crippen LogP contribution is 2.26. The minimum atomic E-state index is -0.546. The SMILES string of the molecule is N#C/C(=C/c1cccc(Oc2ccccc2)c1)C(=O)Nc1ccc(Cl)c(Cl)c1. The Morgan fingerprint density at radius 3 is 2.39 bits per heavy atom. The standard InChI is InChI=1S/C22H14Cl2N2O2/c23-20-10-9-17(13-21(20)24)26-22(27)16(14-25)11-15-5-4-8-19(12-15)28-18-6-2-1-3-7-18/h1-13H,(H,26,27)/b16-11-. The number of benzene rings is 3. The normalized spacial score (nSPS) is 10.8. The first kappa shape index (κ1) is 19.5. The minimum absolute atomic E-state index is 0.0528.